The molecule has 0 radical (unpaired) electrons. The maximum atomic E-state index is 5.76. The van der Waals surface area contributed by atoms with Crippen molar-refractivity contribution in [2.75, 3.05) is 5.73 Å². The highest BCUT2D eigenvalue weighted by Crippen LogP contribution is 2.30. The Morgan fingerprint density at radius 2 is 2.12 bits per heavy atom. The summed E-state index contributed by atoms with van der Waals surface area (Å²) in [4.78, 5) is 3.91. The van der Waals surface area contributed by atoms with Gasteiger partial charge in [-0.25, -0.2) is 0 Å². The van der Waals surface area contributed by atoms with Crippen molar-refractivity contribution in [1.82, 2.24) is 14.8 Å². The Morgan fingerprint density at radius 1 is 1.38 bits per heavy atom. The van der Waals surface area contributed by atoms with Gasteiger partial charge in [0.05, 0.1) is 17.6 Å². The van der Waals surface area contributed by atoms with Gasteiger partial charge in [-0.2, -0.15) is 5.10 Å². The van der Waals surface area contributed by atoms with Gasteiger partial charge in [-0.3, -0.25) is 9.67 Å². The number of anilines is 1. The number of nitrogens with two attached hydrogens (primary N) is 1. The number of nitrogen functional groups attached to an aromatic ring is 1. The Labute approximate surface area is 93.9 Å². The zero-order valence-corrected chi connectivity index (χ0v) is 9.56. The Hall–Kier alpha value is -2.04. The number of aromatic nitrogens is 3. The maximum Gasteiger partial charge on any atom is 0.171 e. The number of nitrogens with zero attached hydrogens (tertiary/aromatic N) is 3. The quantitative estimate of drug-likeness (QED) is 0.834. The predicted molar refractivity (Wildman–Crippen MR) is 61.4 cm³/mol. The van der Waals surface area contributed by atoms with Gasteiger partial charge in [0.25, 0.3) is 0 Å². The summed E-state index contributed by atoms with van der Waals surface area (Å²) in [5.41, 5.74) is 8.09. The molecule has 0 saturated carbocycles. The third-order valence-electron chi connectivity index (χ3n) is 2.46. The van der Waals surface area contributed by atoms with E-state index in [0.29, 0.717) is 11.4 Å². The van der Waals surface area contributed by atoms with Gasteiger partial charge in [0.15, 0.2) is 11.5 Å². The number of pyridine rings is 1. The molecule has 0 aliphatic rings. The Kier molecular flexibility index (Phi) is 2.52. The Balaban J connectivity index is 2.38. The van der Waals surface area contributed by atoms with Crippen LogP contribution in [-0.2, 0) is 7.05 Å². The second kappa shape index (κ2) is 3.84. The molecular formula is C11H14N4O. The van der Waals surface area contributed by atoms with E-state index >= 15 is 0 Å². The molecule has 0 fully saturated rings. The molecule has 0 bridgehead atoms. The van der Waals surface area contributed by atoms with Gasteiger partial charge < -0.3 is 10.5 Å². The van der Waals surface area contributed by atoms with E-state index in [0.717, 1.165) is 17.1 Å². The molecule has 2 heterocycles. The number of aryl methyl sites for hydroxylation is 2. The van der Waals surface area contributed by atoms with Gasteiger partial charge in [-0.05, 0) is 13.8 Å². The fraction of sp³-hybridized carbons (Fsp3) is 0.273. The molecule has 0 aliphatic heterocycles. The van der Waals surface area contributed by atoms with Crippen molar-refractivity contribution in [3.8, 4) is 11.5 Å². The van der Waals surface area contributed by atoms with Crippen molar-refractivity contribution >= 4 is 5.69 Å². The molecule has 0 unspecified atom stereocenters. The van der Waals surface area contributed by atoms with Crippen molar-refractivity contribution < 1.29 is 4.74 Å². The summed E-state index contributed by atoms with van der Waals surface area (Å²) in [7, 11) is 1.88. The summed E-state index contributed by atoms with van der Waals surface area (Å²) in [6.07, 6.45) is 3.21. The van der Waals surface area contributed by atoms with Gasteiger partial charge in [-0.15, -0.1) is 0 Å². The summed E-state index contributed by atoms with van der Waals surface area (Å²) in [5, 5.41) is 4.27. The minimum atomic E-state index is 0.519. The van der Waals surface area contributed by atoms with Crippen LogP contribution in [0.3, 0.4) is 0 Å². The first-order chi connectivity index (χ1) is 7.59. The molecule has 0 aromatic carbocycles. The first kappa shape index (κ1) is 10.5. The van der Waals surface area contributed by atoms with Gasteiger partial charge in [0, 0.05) is 19.3 Å². The SMILES string of the molecule is Cc1nn(C)c(C)c1Oc1ccncc1N. The average Bonchev–Trinajstić information content (AvgIpc) is 2.48. The van der Waals surface area contributed by atoms with Crippen LogP contribution >= 0.6 is 0 Å². The lowest BCUT2D eigenvalue weighted by Crippen LogP contribution is -1.95. The molecule has 2 aromatic rings. The van der Waals surface area contributed by atoms with Crippen LogP contribution < -0.4 is 10.5 Å². The molecule has 0 amide bonds. The lowest BCUT2D eigenvalue weighted by Gasteiger charge is -2.07. The fourth-order valence-corrected chi connectivity index (χ4v) is 1.50. The van der Waals surface area contributed by atoms with Crippen LogP contribution in [0.25, 0.3) is 0 Å². The van der Waals surface area contributed by atoms with Crippen LogP contribution in [0.15, 0.2) is 18.5 Å². The van der Waals surface area contributed by atoms with Crippen molar-refractivity contribution in [3.63, 3.8) is 0 Å². The van der Waals surface area contributed by atoms with E-state index in [4.69, 9.17) is 10.5 Å². The molecule has 84 valence electrons. The van der Waals surface area contributed by atoms with E-state index in [1.54, 1.807) is 23.1 Å². The summed E-state index contributed by atoms with van der Waals surface area (Å²) < 4.78 is 7.52. The van der Waals surface area contributed by atoms with E-state index in [1.807, 2.05) is 20.9 Å². The van der Waals surface area contributed by atoms with E-state index in [2.05, 4.69) is 10.1 Å². The maximum absolute atomic E-state index is 5.76. The molecule has 0 saturated heterocycles. The summed E-state index contributed by atoms with van der Waals surface area (Å²) >= 11 is 0. The van der Waals surface area contributed by atoms with Gasteiger partial charge >= 0.3 is 0 Å². The summed E-state index contributed by atoms with van der Waals surface area (Å²) in [6, 6.07) is 1.74. The predicted octanol–water partition coefficient (Wildman–Crippen LogP) is 1.81. The third-order valence-corrected chi connectivity index (χ3v) is 2.46. The fourth-order valence-electron chi connectivity index (χ4n) is 1.50. The van der Waals surface area contributed by atoms with Crippen molar-refractivity contribution in [1.29, 1.82) is 0 Å². The van der Waals surface area contributed by atoms with Gasteiger partial charge in [-0.1, -0.05) is 0 Å². The molecule has 5 nitrogen and oxygen atoms in total. The van der Waals surface area contributed by atoms with Gasteiger partial charge in [0.2, 0.25) is 0 Å². The normalized spacial score (nSPS) is 10.4. The zero-order valence-electron chi connectivity index (χ0n) is 9.56. The van der Waals surface area contributed by atoms with Crippen LogP contribution in [0.5, 0.6) is 11.5 Å². The van der Waals surface area contributed by atoms with Crippen LogP contribution in [-0.4, -0.2) is 14.8 Å². The van der Waals surface area contributed by atoms with Crippen LogP contribution in [0.2, 0.25) is 0 Å². The minimum absolute atomic E-state index is 0.519. The number of ether oxygens (including phenoxy) is 1. The molecule has 2 aromatic heterocycles. The highest BCUT2D eigenvalue weighted by molar-refractivity contribution is 5.52. The molecular weight excluding hydrogens is 204 g/mol. The van der Waals surface area contributed by atoms with E-state index in [1.165, 1.54) is 0 Å². The lowest BCUT2D eigenvalue weighted by atomic mass is 10.3. The van der Waals surface area contributed by atoms with Crippen LogP contribution in [0.1, 0.15) is 11.4 Å². The number of hydrogen-bond donors (Lipinski definition) is 1. The molecule has 16 heavy (non-hydrogen) atoms. The molecule has 2 N–H and O–H groups in total. The monoisotopic (exact) mass is 218 g/mol. The highest BCUT2D eigenvalue weighted by atomic mass is 16.5. The lowest BCUT2D eigenvalue weighted by molar-refractivity contribution is 0.476. The summed E-state index contributed by atoms with van der Waals surface area (Å²) in [6.45, 7) is 3.85. The Morgan fingerprint density at radius 3 is 2.69 bits per heavy atom. The van der Waals surface area contributed by atoms with E-state index in [9.17, 15) is 0 Å². The van der Waals surface area contributed by atoms with Crippen molar-refractivity contribution in [2.45, 2.75) is 13.8 Å². The standard InChI is InChI=1S/C11H14N4O/c1-7-11(8(2)15(3)14-7)16-10-4-5-13-6-9(10)12/h4-6H,12H2,1-3H3. The Bertz CT molecular complexity index is 519. The zero-order chi connectivity index (χ0) is 11.7. The smallest absolute Gasteiger partial charge is 0.171 e. The van der Waals surface area contributed by atoms with Crippen molar-refractivity contribution in [2.24, 2.45) is 7.05 Å². The number of rotatable bonds is 2. The first-order valence-corrected chi connectivity index (χ1v) is 4.97. The second-order valence-corrected chi connectivity index (χ2v) is 3.64. The average molecular weight is 218 g/mol. The molecule has 2 rings (SSSR count). The van der Waals surface area contributed by atoms with E-state index < -0.39 is 0 Å². The van der Waals surface area contributed by atoms with Crippen LogP contribution in [0.4, 0.5) is 5.69 Å². The third kappa shape index (κ3) is 1.71. The van der Waals surface area contributed by atoms with E-state index in [-0.39, 0.29) is 0 Å². The van der Waals surface area contributed by atoms with Crippen LogP contribution in [0, 0.1) is 13.8 Å². The first-order valence-electron chi connectivity index (χ1n) is 4.97. The molecule has 5 heteroatoms. The number of hydrogen-bond acceptors (Lipinski definition) is 4. The van der Waals surface area contributed by atoms with Gasteiger partial charge in [0.1, 0.15) is 5.69 Å². The highest BCUT2D eigenvalue weighted by Gasteiger charge is 2.12. The molecule has 0 atom stereocenters. The topological polar surface area (TPSA) is 66.0 Å². The summed E-state index contributed by atoms with van der Waals surface area (Å²) in [5.74, 6) is 1.36. The largest absolute Gasteiger partial charge is 0.451 e. The molecule has 0 spiro atoms. The van der Waals surface area contributed by atoms with Crippen molar-refractivity contribution in [3.05, 3.63) is 29.8 Å². The molecule has 0 aliphatic carbocycles. The second-order valence-electron chi connectivity index (χ2n) is 3.64. The minimum Gasteiger partial charge on any atom is -0.451 e.